The van der Waals surface area contributed by atoms with Crippen LogP contribution in [0.2, 0.25) is 0 Å². The zero-order valence-corrected chi connectivity index (χ0v) is 28.3. The lowest BCUT2D eigenvalue weighted by atomic mass is 9.86. The van der Waals surface area contributed by atoms with Crippen LogP contribution in [0.5, 0.6) is 0 Å². The van der Waals surface area contributed by atoms with Crippen LogP contribution in [0.3, 0.4) is 0 Å². The third kappa shape index (κ3) is 7.45. The molecule has 1 aromatic heterocycles. The molecule has 8 heteroatoms. The minimum atomic E-state index is -0.154. The number of aryl methyl sites for hydroxylation is 1. The van der Waals surface area contributed by atoms with Crippen molar-refractivity contribution in [1.29, 1.82) is 0 Å². The maximum atomic E-state index is 13.2. The number of hydrogen-bond acceptors (Lipinski definition) is 6. The Hall–Kier alpha value is -4.40. The summed E-state index contributed by atoms with van der Waals surface area (Å²) in [4.78, 5) is 31.4. The molecule has 0 aliphatic carbocycles. The van der Waals surface area contributed by atoms with Crippen LogP contribution in [0.1, 0.15) is 55.1 Å². The minimum absolute atomic E-state index is 0.0217. The summed E-state index contributed by atoms with van der Waals surface area (Å²) in [6, 6.07) is 24.5. The Balaban J connectivity index is 1.14. The standard InChI is InChI=1S/C39H47N5O3/c1-27-34(7-6-8-35(27)41-37(45)28-9-11-30(12-10-28)39(2,3)4)29-25-36(38(46)42(5)26-29)40-31-13-15-32(16-14-31)43-19-17-33(18-20-43)44-21-23-47-24-22-44/h6-16,25-26,33,40H,17-24H2,1-5H3,(H,41,45). The van der Waals surface area contributed by atoms with Gasteiger partial charge in [0.05, 0.1) is 13.2 Å². The van der Waals surface area contributed by atoms with E-state index in [1.54, 1.807) is 11.6 Å². The molecule has 1 amide bonds. The van der Waals surface area contributed by atoms with Crippen LogP contribution in [0, 0.1) is 6.92 Å². The van der Waals surface area contributed by atoms with Gasteiger partial charge in [-0.15, -0.1) is 0 Å². The average molecular weight is 634 g/mol. The number of ether oxygens (including phenoxy) is 1. The van der Waals surface area contributed by atoms with E-state index >= 15 is 0 Å². The van der Waals surface area contributed by atoms with Gasteiger partial charge >= 0.3 is 0 Å². The molecule has 47 heavy (non-hydrogen) atoms. The average Bonchev–Trinajstić information content (AvgIpc) is 3.08. The summed E-state index contributed by atoms with van der Waals surface area (Å²) in [5.41, 5.74) is 7.77. The fraction of sp³-hybridized carbons (Fsp3) is 0.385. The van der Waals surface area contributed by atoms with Crippen molar-refractivity contribution in [2.24, 2.45) is 7.05 Å². The Morgan fingerprint density at radius 2 is 1.55 bits per heavy atom. The van der Waals surface area contributed by atoms with Crippen LogP contribution in [-0.4, -0.2) is 60.8 Å². The summed E-state index contributed by atoms with van der Waals surface area (Å²) >= 11 is 0. The van der Waals surface area contributed by atoms with Crippen molar-refractivity contribution in [3.05, 3.63) is 106 Å². The molecule has 4 aromatic rings. The molecular formula is C39H47N5O3. The highest BCUT2D eigenvalue weighted by Crippen LogP contribution is 2.31. The van der Waals surface area contributed by atoms with Gasteiger partial charge in [-0.25, -0.2) is 0 Å². The van der Waals surface area contributed by atoms with E-state index in [1.165, 1.54) is 11.3 Å². The fourth-order valence-corrected chi connectivity index (χ4v) is 6.69. The summed E-state index contributed by atoms with van der Waals surface area (Å²) in [6.07, 6.45) is 4.17. The van der Waals surface area contributed by atoms with E-state index in [4.69, 9.17) is 4.74 Å². The Bertz CT molecular complexity index is 1760. The molecule has 0 atom stereocenters. The summed E-state index contributed by atoms with van der Waals surface area (Å²) in [7, 11) is 1.77. The monoisotopic (exact) mass is 633 g/mol. The molecule has 2 fully saturated rings. The van der Waals surface area contributed by atoms with E-state index in [9.17, 15) is 9.59 Å². The van der Waals surface area contributed by atoms with Crippen molar-refractivity contribution in [2.45, 2.75) is 52.0 Å². The van der Waals surface area contributed by atoms with Gasteiger partial charge in [-0.05, 0) is 90.4 Å². The molecule has 2 aliphatic rings. The Morgan fingerprint density at radius 1 is 0.872 bits per heavy atom. The highest BCUT2D eigenvalue weighted by Gasteiger charge is 2.26. The summed E-state index contributed by atoms with van der Waals surface area (Å²) < 4.78 is 7.13. The van der Waals surface area contributed by atoms with Gasteiger partial charge in [-0.3, -0.25) is 14.5 Å². The molecule has 2 N–H and O–H groups in total. The van der Waals surface area contributed by atoms with Crippen LogP contribution >= 0.6 is 0 Å². The lowest BCUT2D eigenvalue weighted by Gasteiger charge is -2.40. The van der Waals surface area contributed by atoms with Gasteiger partial charge in [-0.1, -0.05) is 45.0 Å². The molecule has 8 nitrogen and oxygen atoms in total. The van der Waals surface area contributed by atoms with Crippen molar-refractivity contribution in [2.75, 3.05) is 54.9 Å². The number of anilines is 4. The number of pyridine rings is 1. The number of nitrogens with one attached hydrogen (secondary N) is 2. The first kappa shape index (κ1) is 32.5. The van der Waals surface area contributed by atoms with E-state index in [2.05, 4.69) is 53.3 Å². The summed E-state index contributed by atoms with van der Waals surface area (Å²) in [6.45, 7) is 14.3. The SMILES string of the molecule is Cc1c(NC(=O)c2ccc(C(C)(C)C)cc2)cccc1-c1cc(Nc2ccc(N3CCC(N4CCOCC4)CC3)cc2)c(=O)n(C)c1. The lowest BCUT2D eigenvalue weighted by molar-refractivity contribution is 0.0115. The third-order valence-electron chi connectivity index (χ3n) is 9.63. The maximum Gasteiger partial charge on any atom is 0.274 e. The Kier molecular flexibility index (Phi) is 9.52. The third-order valence-corrected chi connectivity index (χ3v) is 9.63. The van der Waals surface area contributed by atoms with Gasteiger partial charge in [0, 0.05) is 73.7 Å². The van der Waals surface area contributed by atoms with Gasteiger partial charge in [-0.2, -0.15) is 0 Å². The van der Waals surface area contributed by atoms with Gasteiger partial charge < -0.3 is 24.8 Å². The number of aromatic nitrogens is 1. The normalized spacial score (nSPS) is 16.2. The number of amides is 1. The van der Waals surface area contributed by atoms with Crippen LogP contribution in [0.15, 0.2) is 83.8 Å². The topological polar surface area (TPSA) is 78.8 Å². The van der Waals surface area contributed by atoms with E-state index in [0.717, 1.165) is 80.3 Å². The molecule has 0 bridgehead atoms. The van der Waals surface area contributed by atoms with Crippen LogP contribution in [0.4, 0.5) is 22.7 Å². The molecule has 0 radical (unpaired) electrons. The van der Waals surface area contributed by atoms with Gasteiger partial charge in [0.25, 0.3) is 11.5 Å². The molecule has 0 spiro atoms. The van der Waals surface area contributed by atoms with E-state index in [0.29, 0.717) is 17.3 Å². The number of benzene rings is 3. The molecule has 0 unspecified atom stereocenters. The number of carbonyl (C=O) groups excluding carboxylic acids is 1. The molecule has 2 aliphatic heterocycles. The quantitative estimate of drug-likeness (QED) is 0.229. The first-order valence-corrected chi connectivity index (χ1v) is 16.7. The number of rotatable bonds is 7. The second-order valence-corrected chi connectivity index (χ2v) is 13.9. The van der Waals surface area contributed by atoms with Gasteiger partial charge in [0.2, 0.25) is 0 Å². The van der Waals surface area contributed by atoms with Crippen LogP contribution in [-0.2, 0) is 17.2 Å². The second-order valence-electron chi connectivity index (χ2n) is 13.9. The second kappa shape index (κ2) is 13.8. The molecule has 6 rings (SSSR count). The predicted molar refractivity (Wildman–Crippen MR) is 192 cm³/mol. The fourth-order valence-electron chi connectivity index (χ4n) is 6.69. The lowest BCUT2D eigenvalue weighted by Crippen LogP contribution is -2.49. The molecule has 3 aromatic carbocycles. The van der Waals surface area contributed by atoms with Crippen molar-refractivity contribution in [3.8, 4) is 11.1 Å². The highest BCUT2D eigenvalue weighted by molar-refractivity contribution is 6.05. The Labute approximate surface area is 278 Å². The number of piperidine rings is 1. The number of hydrogen-bond donors (Lipinski definition) is 2. The number of morpholine rings is 1. The predicted octanol–water partition coefficient (Wildman–Crippen LogP) is 6.96. The number of carbonyl (C=O) groups is 1. The first-order chi connectivity index (χ1) is 22.6. The molecule has 0 saturated carbocycles. The van der Waals surface area contributed by atoms with E-state index in [1.807, 2.05) is 73.8 Å². The van der Waals surface area contributed by atoms with Crippen molar-refractivity contribution < 1.29 is 9.53 Å². The van der Waals surface area contributed by atoms with Crippen molar-refractivity contribution in [1.82, 2.24) is 9.47 Å². The molecule has 3 heterocycles. The zero-order valence-electron chi connectivity index (χ0n) is 28.3. The smallest absolute Gasteiger partial charge is 0.274 e. The molecular weight excluding hydrogens is 586 g/mol. The van der Waals surface area contributed by atoms with Gasteiger partial charge in [0.1, 0.15) is 5.69 Å². The highest BCUT2D eigenvalue weighted by atomic mass is 16.5. The Morgan fingerprint density at radius 3 is 2.21 bits per heavy atom. The number of nitrogens with zero attached hydrogens (tertiary/aromatic N) is 3. The van der Waals surface area contributed by atoms with E-state index < -0.39 is 0 Å². The van der Waals surface area contributed by atoms with E-state index in [-0.39, 0.29) is 16.9 Å². The molecule has 246 valence electrons. The molecule has 2 saturated heterocycles. The van der Waals surface area contributed by atoms with Crippen molar-refractivity contribution in [3.63, 3.8) is 0 Å². The van der Waals surface area contributed by atoms with Crippen molar-refractivity contribution >= 4 is 28.7 Å². The maximum absolute atomic E-state index is 13.2. The largest absolute Gasteiger partial charge is 0.379 e. The van der Waals surface area contributed by atoms with Gasteiger partial charge in [0.15, 0.2) is 0 Å². The first-order valence-electron chi connectivity index (χ1n) is 16.7. The summed E-state index contributed by atoms with van der Waals surface area (Å²) in [5.74, 6) is -0.154. The minimum Gasteiger partial charge on any atom is -0.379 e. The van der Waals surface area contributed by atoms with Crippen LogP contribution in [0.25, 0.3) is 11.1 Å². The zero-order chi connectivity index (χ0) is 33.1. The van der Waals surface area contributed by atoms with Crippen LogP contribution < -0.4 is 21.1 Å². The summed E-state index contributed by atoms with van der Waals surface area (Å²) in [5, 5.41) is 6.46.